The van der Waals surface area contributed by atoms with Gasteiger partial charge in [-0.1, -0.05) is 97.4 Å². The fourth-order valence-electron chi connectivity index (χ4n) is 9.47. The Labute approximate surface area is 587 Å². The minimum Gasteiger partial charge on any atom is -0.510 e. The van der Waals surface area contributed by atoms with Crippen LogP contribution in [0.1, 0.15) is 45.7 Å². The minimum atomic E-state index is 0. The molecule has 1 aromatic heterocycles. The van der Waals surface area contributed by atoms with Gasteiger partial charge in [-0.25, -0.2) is 4.68 Å². The fourth-order valence-corrected chi connectivity index (χ4v) is 9.47. The molecule has 0 bridgehead atoms. The van der Waals surface area contributed by atoms with Crippen LogP contribution >= 0.6 is 0 Å². The van der Waals surface area contributed by atoms with E-state index >= 15 is 0 Å². The molecule has 8 aromatic carbocycles. The third kappa shape index (κ3) is 18.6. The molecule has 16 heteroatoms. The van der Waals surface area contributed by atoms with Gasteiger partial charge in [0.15, 0.2) is 0 Å². The number of hydrogen-bond donors (Lipinski definition) is 0. The molecule has 4 aliphatic heterocycles. The van der Waals surface area contributed by atoms with Gasteiger partial charge in [0.05, 0.1) is 6.20 Å². The van der Waals surface area contributed by atoms with Crippen molar-refractivity contribution in [1.82, 2.24) is 29.7 Å². The number of nitrogens with zero attached hydrogens (tertiary/aromatic N) is 11. The van der Waals surface area contributed by atoms with Crippen molar-refractivity contribution in [3.05, 3.63) is 318 Å². The third-order valence-electron chi connectivity index (χ3n) is 13.9. The second kappa shape index (κ2) is 33.9. The quantitative estimate of drug-likeness (QED) is 0.144. The normalized spacial score (nSPS) is 14.1. The molecule has 87 heavy (non-hydrogen) atoms. The zero-order valence-corrected chi connectivity index (χ0v) is 60.5. The first kappa shape index (κ1) is 71.4. The molecule has 0 amide bonds. The van der Waals surface area contributed by atoms with Gasteiger partial charge < -0.3 is 39.2 Å². The van der Waals surface area contributed by atoms with E-state index < -0.39 is 0 Å². The standard InChI is InChI=1S/C17H14N3.C16H14N2.C15H12N2.C13H16N2.C10H10N2.Ir.4Pt/c1-17(2)15-6-4-3-5-13(15)14-8-7-12(11-16(14)17)20-10-9-18-19-20;1-17-10-11-18(13-17)16-9-5-8-15(12-16)14-6-3-2-4-7-14;1-3-7-14(8-4-1)16-11-12-17(13-16)15-9-5-2-6-10-15;1-13(2,3)15-10-9-14(11-15)12-7-5-4-6-8-12;1-11-7-8-12(9-11)10-5-3-2-4-6-10;;;;;/h3-6,8-11H,1-2H3;2-8,10-13H,1H3;1-9,11-13H;4-7,9-11H,1-3H3;2-5,7-9H,1H3;;;;;/q-1;4*-2;;4*+2. The summed E-state index contributed by atoms with van der Waals surface area (Å²) in [6, 6.07) is 79.6. The summed E-state index contributed by atoms with van der Waals surface area (Å²) < 4.78 is 1.75. The number of hydrogen-bond acceptors (Lipinski definition) is 10. The van der Waals surface area contributed by atoms with Crippen molar-refractivity contribution in [2.45, 2.75) is 45.6 Å². The van der Waals surface area contributed by atoms with Crippen LogP contribution in [0.3, 0.4) is 0 Å². The Morgan fingerprint density at radius 2 is 0.920 bits per heavy atom. The molecule has 455 valence electrons. The Kier molecular flexibility index (Phi) is 27.8. The van der Waals surface area contributed by atoms with Gasteiger partial charge in [-0.2, -0.15) is 141 Å². The van der Waals surface area contributed by atoms with Crippen molar-refractivity contribution >= 4 is 28.4 Å². The largest absolute Gasteiger partial charge is 2.00 e. The van der Waals surface area contributed by atoms with E-state index in [1.807, 2.05) is 200 Å². The van der Waals surface area contributed by atoms with Crippen LogP contribution in [0.5, 0.6) is 0 Å². The molecule has 9 aromatic rings. The predicted molar refractivity (Wildman–Crippen MR) is 334 cm³/mol. The molecule has 5 heterocycles. The smallest absolute Gasteiger partial charge is 0.510 e. The van der Waals surface area contributed by atoms with E-state index in [9.17, 15) is 0 Å². The number of fused-ring (bicyclic) bond motifs is 3. The van der Waals surface area contributed by atoms with Crippen LogP contribution in [0.15, 0.2) is 250 Å². The Morgan fingerprint density at radius 3 is 1.45 bits per heavy atom. The summed E-state index contributed by atoms with van der Waals surface area (Å²) in [5, 5.41) is 7.91. The average molecular weight is 2050 g/mol. The minimum absolute atomic E-state index is 0. The van der Waals surface area contributed by atoms with Crippen LogP contribution in [0.4, 0.5) is 28.4 Å². The topological polar surface area (TPSA) is 56.6 Å². The molecule has 0 saturated heterocycles. The summed E-state index contributed by atoms with van der Waals surface area (Å²) in [6.45, 7) is 19.3. The zero-order valence-electron chi connectivity index (χ0n) is 49.0. The number of aromatic nitrogens is 3. The summed E-state index contributed by atoms with van der Waals surface area (Å²) in [7, 11) is 4.01. The van der Waals surface area contributed by atoms with Gasteiger partial charge in [-0.05, 0) is 119 Å². The summed E-state index contributed by atoms with van der Waals surface area (Å²) in [4.78, 5) is 16.5. The first-order valence-corrected chi connectivity index (χ1v) is 27.2. The van der Waals surface area contributed by atoms with Crippen molar-refractivity contribution in [2.75, 3.05) is 38.6 Å². The van der Waals surface area contributed by atoms with E-state index in [0.29, 0.717) is 0 Å². The van der Waals surface area contributed by atoms with Crippen LogP contribution in [0.25, 0.3) is 27.9 Å². The number of rotatable bonds is 7. The molecule has 1 radical (unpaired) electrons. The van der Waals surface area contributed by atoms with Crippen molar-refractivity contribution in [3.8, 4) is 27.9 Å². The molecule has 0 spiro atoms. The van der Waals surface area contributed by atoms with Gasteiger partial charge in [-0.15, -0.1) is 63.3 Å². The molecule has 0 fully saturated rings. The molecular formula is C71H66IrN11Pt4-. The molecule has 14 rings (SSSR count). The van der Waals surface area contributed by atoms with E-state index in [2.05, 4.69) is 199 Å². The fraction of sp³-hybridized carbons (Fsp3) is 0.127. The van der Waals surface area contributed by atoms with Gasteiger partial charge in [0.2, 0.25) is 0 Å². The van der Waals surface area contributed by atoms with Crippen LogP contribution < -0.4 is 24.5 Å². The van der Waals surface area contributed by atoms with Crippen molar-refractivity contribution in [2.24, 2.45) is 0 Å². The van der Waals surface area contributed by atoms with Crippen LogP contribution in [0.2, 0.25) is 0 Å². The number of anilines is 5. The summed E-state index contributed by atoms with van der Waals surface area (Å²) >= 11 is 0. The van der Waals surface area contributed by atoms with E-state index in [4.69, 9.17) is 0 Å². The Hall–Kier alpha value is -6.34. The van der Waals surface area contributed by atoms with Crippen LogP contribution in [-0.2, 0) is 110 Å². The molecule has 0 unspecified atom stereocenters. The third-order valence-corrected chi connectivity index (χ3v) is 13.9. The molecular weight excluding hydrogens is 1980 g/mol. The van der Waals surface area contributed by atoms with Crippen molar-refractivity contribution < 1.29 is 104 Å². The van der Waals surface area contributed by atoms with E-state index in [1.165, 1.54) is 33.4 Å². The average Bonchev–Trinajstić information content (AvgIpc) is 1.61. The van der Waals surface area contributed by atoms with E-state index in [1.54, 1.807) is 10.9 Å². The molecule has 0 saturated carbocycles. The Balaban J connectivity index is 0.000000197. The molecule has 5 aliphatic rings. The second-order valence-corrected chi connectivity index (χ2v) is 21.2. The number of benzene rings is 8. The van der Waals surface area contributed by atoms with E-state index in [-0.39, 0.29) is 115 Å². The van der Waals surface area contributed by atoms with Crippen molar-refractivity contribution in [1.29, 1.82) is 0 Å². The summed E-state index contributed by atoms with van der Waals surface area (Å²) in [5.74, 6) is 0. The van der Waals surface area contributed by atoms with Crippen LogP contribution in [-0.4, -0.2) is 49.3 Å². The second-order valence-electron chi connectivity index (χ2n) is 21.2. The molecule has 0 N–H and O–H groups in total. The Bertz CT molecular complexity index is 3540. The van der Waals surface area contributed by atoms with Crippen molar-refractivity contribution in [3.63, 3.8) is 0 Å². The summed E-state index contributed by atoms with van der Waals surface area (Å²) in [5.41, 5.74) is 14.2. The Morgan fingerprint density at radius 1 is 0.425 bits per heavy atom. The summed E-state index contributed by atoms with van der Waals surface area (Å²) in [6.07, 6.45) is 19.8. The maximum atomic E-state index is 4.04. The molecule has 1 aliphatic carbocycles. The van der Waals surface area contributed by atoms with Gasteiger partial charge in [-0.3, -0.25) is 0 Å². The first-order chi connectivity index (χ1) is 39.9. The maximum Gasteiger partial charge on any atom is 2.00 e. The molecule has 0 atom stereocenters. The number of para-hydroxylation sites is 4. The maximum absolute atomic E-state index is 4.04. The van der Waals surface area contributed by atoms with Gasteiger partial charge in [0.25, 0.3) is 0 Å². The van der Waals surface area contributed by atoms with Gasteiger partial charge in [0.1, 0.15) is 0 Å². The van der Waals surface area contributed by atoms with Gasteiger partial charge in [0, 0.05) is 37.5 Å². The van der Waals surface area contributed by atoms with Crippen LogP contribution in [0, 0.1) is 57.0 Å². The predicted octanol–water partition coefficient (Wildman–Crippen LogP) is 15.1. The zero-order chi connectivity index (χ0) is 56.9. The van der Waals surface area contributed by atoms with E-state index in [0.717, 1.165) is 34.1 Å². The monoisotopic (exact) mass is 2050 g/mol. The SMILES string of the molecule is CC(C)(C)N1C=CN(c2[c-]cccc2)[CH-]1.CC1(C)c2ccccc2-c2c[c-]c(-n3ccnn3)cc21.CN1C=CN(c2[c-]ccc(-c3ccccc3)c2)[CH-]1.CN1C=CN(c2[c-]cccc2)[CH-]1.[Ir].[Pt+2].[Pt+2].[Pt+2].[Pt+2].[c-]1ccccc1N1C=CN(c2ccccc2)[CH-]1. The molecule has 11 nitrogen and oxygen atoms in total. The first-order valence-electron chi connectivity index (χ1n) is 27.2. The van der Waals surface area contributed by atoms with Gasteiger partial charge >= 0.3 is 84.3 Å².